The third-order valence-corrected chi connectivity index (χ3v) is 8.67. The summed E-state index contributed by atoms with van der Waals surface area (Å²) in [5, 5.41) is 2.24. The van der Waals surface area contributed by atoms with Crippen molar-refractivity contribution in [2.24, 2.45) is 0 Å². The molecule has 0 aliphatic heterocycles. The molecule has 7 nitrogen and oxygen atoms in total. The molecule has 49 heavy (non-hydrogen) atoms. The van der Waals surface area contributed by atoms with E-state index in [1.54, 1.807) is 6.20 Å². The summed E-state index contributed by atoms with van der Waals surface area (Å²) in [6.07, 6.45) is 3.71. The van der Waals surface area contributed by atoms with Gasteiger partial charge in [0.2, 0.25) is 11.9 Å². The number of rotatable bonds is 7. The van der Waals surface area contributed by atoms with Crippen molar-refractivity contribution < 1.29 is 0 Å². The highest BCUT2D eigenvalue weighted by molar-refractivity contribution is 6.10. The van der Waals surface area contributed by atoms with Crippen molar-refractivity contribution in [2.75, 3.05) is 4.90 Å². The van der Waals surface area contributed by atoms with Crippen LogP contribution in [0.25, 0.3) is 56.5 Å². The van der Waals surface area contributed by atoms with E-state index in [2.05, 4.69) is 100 Å². The summed E-state index contributed by atoms with van der Waals surface area (Å²) in [6.45, 7) is 0. The molecule has 9 rings (SSSR count). The van der Waals surface area contributed by atoms with Gasteiger partial charge in [-0.25, -0.2) is 9.97 Å². The van der Waals surface area contributed by atoms with Gasteiger partial charge in [0.15, 0.2) is 11.6 Å². The Labute approximate surface area is 283 Å². The Morgan fingerprint density at radius 3 is 1.59 bits per heavy atom. The van der Waals surface area contributed by atoms with Crippen LogP contribution in [0.5, 0.6) is 0 Å². The van der Waals surface area contributed by atoms with Gasteiger partial charge in [-0.05, 0) is 48.5 Å². The first-order valence-electron chi connectivity index (χ1n) is 16.2. The second kappa shape index (κ2) is 12.1. The normalized spacial score (nSPS) is 11.3. The minimum Gasteiger partial charge on any atom is -0.310 e. The van der Waals surface area contributed by atoms with Crippen LogP contribution in [-0.4, -0.2) is 29.1 Å². The fourth-order valence-corrected chi connectivity index (χ4v) is 6.44. The number of anilines is 3. The number of nitrogens with zero attached hydrogens (tertiary/aromatic N) is 7. The fourth-order valence-electron chi connectivity index (χ4n) is 6.44. The fraction of sp³-hybridized carbons (Fsp3) is 0. The summed E-state index contributed by atoms with van der Waals surface area (Å²) in [7, 11) is 0. The molecule has 232 valence electrons. The lowest BCUT2D eigenvalue weighted by atomic mass is 10.1. The van der Waals surface area contributed by atoms with Gasteiger partial charge in [-0.15, -0.1) is 0 Å². The molecule has 0 atom stereocenters. The molecule has 0 spiro atoms. The molecular weight excluding hydrogens is 603 g/mol. The maximum Gasteiger partial charge on any atom is 0.240 e. The van der Waals surface area contributed by atoms with Gasteiger partial charge in [0.05, 0.1) is 11.0 Å². The number of imidazole rings is 1. The van der Waals surface area contributed by atoms with Crippen LogP contribution in [0.3, 0.4) is 0 Å². The maximum absolute atomic E-state index is 4.99. The third kappa shape index (κ3) is 5.10. The quantitative estimate of drug-likeness (QED) is 0.175. The van der Waals surface area contributed by atoms with Crippen molar-refractivity contribution in [3.63, 3.8) is 0 Å². The monoisotopic (exact) mass is 631 g/mol. The Hall–Kier alpha value is -6.86. The van der Waals surface area contributed by atoms with Crippen molar-refractivity contribution in [1.29, 1.82) is 0 Å². The molecule has 0 unspecified atom stereocenters. The van der Waals surface area contributed by atoms with Crippen LogP contribution in [-0.2, 0) is 0 Å². The number of fused-ring (bicyclic) bond motifs is 3. The summed E-state index contributed by atoms with van der Waals surface area (Å²) in [6, 6.07) is 56.0. The Bertz CT molecular complexity index is 2450. The van der Waals surface area contributed by atoms with E-state index in [1.807, 2.05) is 83.6 Å². The zero-order valence-corrected chi connectivity index (χ0v) is 26.4. The summed E-state index contributed by atoms with van der Waals surface area (Å²) in [5.41, 5.74) is 7.13. The molecule has 6 aromatic carbocycles. The molecule has 7 heteroatoms. The zero-order chi connectivity index (χ0) is 32.6. The highest BCUT2D eigenvalue weighted by Crippen LogP contribution is 2.39. The van der Waals surface area contributed by atoms with Crippen LogP contribution >= 0.6 is 0 Å². The lowest BCUT2D eigenvalue weighted by Gasteiger charge is -2.25. The van der Waals surface area contributed by atoms with E-state index in [0.717, 1.165) is 50.0 Å². The average molecular weight is 632 g/mol. The Kier molecular flexibility index (Phi) is 6.98. The van der Waals surface area contributed by atoms with E-state index in [4.69, 9.17) is 19.9 Å². The summed E-state index contributed by atoms with van der Waals surface area (Å²) >= 11 is 0. The number of hydrogen-bond acceptors (Lipinski definition) is 5. The number of benzene rings is 6. The highest BCUT2D eigenvalue weighted by Gasteiger charge is 2.21. The molecule has 0 aliphatic carbocycles. The van der Waals surface area contributed by atoms with Crippen molar-refractivity contribution in [2.45, 2.75) is 0 Å². The van der Waals surface area contributed by atoms with Crippen LogP contribution < -0.4 is 4.90 Å². The summed E-state index contributed by atoms with van der Waals surface area (Å²) in [5.74, 6) is 2.36. The Morgan fingerprint density at radius 1 is 0.449 bits per heavy atom. The molecule has 0 N–H and O–H groups in total. The van der Waals surface area contributed by atoms with Crippen LogP contribution in [0, 0.1) is 0 Å². The topological polar surface area (TPSA) is 64.7 Å². The molecule has 3 heterocycles. The molecule has 0 bridgehead atoms. The van der Waals surface area contributed by atoms with E-state index in [1.165, 1.54) is 0 Å². The van der Waals surface area contributed by atoms with Crippen molar-refractivity contribution in [3.05, 3.63) is 176 Å². The molecule has 9 aromatic rings. The molecule has 0 aliphatic rings. The number of aromatic nitrogens is 6. The molecular formula is C42H29N7. The first-order chi connectivity index (χ1) is 24.3. The summed E-state index contributed by atoms with van der Waals surface area (Å²) < 4.78 is 4.14. The first kappa shape index (κ1) is 28.4. The molecule has 0 saturated carbocycles. The van der Waals surface area contributed by atoms with Gasteiger partial charge in [0, 0.05) is 51.4 Å². The predicted octanol–water partition coefficient (Wildman–Crippen LogP) is 9.96. The smallest absolute Gasteiger partial charge is 0.240 e. The van der Waals surface area contributed by atoms with Gasteiger partial charge in [-0.2, -0.15) is 9.97 Å². The van der Waals surface area contributed by atoms with E-state index in [0.29, 0.717) is 23.5 Å². The molecule has 0 saturated heterocycles. The Balaban J connectivity index is 1.24. The lowest BCUT2D eigenvalue weighted by Crippen LogP contribution is -2.11. The van der Waals surface area contributed by atoms with Gasteiger partial charge >= 0.3 is 0 Å². The third-order valence-electron chi connectivity index (χ3n) is 8.67. The van der Waals surface area contributed by atoms with Crippen molar-refractivity contribution in [3.8, 4) is 34.7 Å². The van der Waals surface area contributed by atoms with Gasteiger partial charge < -0.3 is 4.90 Å². The van der Waals surface area contributed by atoms with Gasteiger partial charge in [-0.1, -0.05) is 115 Å². The lowest BCUT2D eigenvalue weighted by molar-refractivity contribution is 0.859. The number of hydrogen-bond donors (Lipinski definition) is 0. The van der Waals surface area contributed by atoms with Gasteiger partial charge in [0.25, 0.3) is 0 Å². The van der Waals surface area contributed by atoms with Gasteiger partial charge in [-0.3, -0.25) is 9.13 Å². The van der Waals surface area contributed by atoms with E-state index in [9.17, 15) is 0 Å². The first-order valence-corrected chi connectivity index (χ1v) is 16.2. The standard InChI is InChI=1S/C42H29N7/c1-5-15-30(16-6-1)39-44-40(31-17-7-2-8-18-31)46-41(45-39)47-28-27-43-42(47)49-37-24-14-13-23-35(37)36-29-34(25-26-38(36)49)48(32-19-9-3-10-20-32)33-21-11-4-12-22-33/h1-29H. The summed E-state index contributed by atoms with van der Waals surface area (Å²) in [4.78, 5) is 22.1. The minimum atomic E-state index is 0.488. The second-order valence-corrected chi connectivity index (χ2v) is 11.7. The van der Waals surface area contributed by atoms with E-state index < -0.39 is 0 Å². The molecule has 0 radical (unpaired) electrons. The Morgan fingerprint density at radius 2 is 0.980 bits per heavy atom. The van der Waals surface area contributed by atoms with Crippen molar-refractivity contribution >= 4 is 38.9 Å². The van der Waals surface area contributed by atoms with Crippen LogP contribution in [0.4, 0.5) is 17.1 Å². The molecule has 0 amide bonds. The molecule has 3 aromatic heterocycles. The van der Waals surface area contributed by atoms with E-state index >= 15 is 0 Å². The van der Waals surface area contributed by atoms with E-state index in [-0.39, 0.29) is 0 Å². The van der Waals surface area contributed by atoms with Crippen LogP contribution in [0.2, 0.25) is 0 Å². The SMILES string of the molecule is c1ccc(-c2nc(-c3ccccc3)nc(-n3ccnc3-n3c4ccccc4c4cc(N(c5ccccc5)c5ccccc5)ccc43)n2)cc1. The largest absolute Gasteiger partial charge is 0.310 e. The maximum atomic E-state index is 4.99. The average Bonchev–Trinajstić information content (AvgIpc) is 3.79. The van der Waals surface area contributed by atoms with Crippen LogP contribution in [0.15, 0.2) is 176 Å². The zero-order valence-electron chi connectivity index (χ0n) is 26.4. The predicted molar refractivity (Wildman–Crippen MR) is 197 cm³/mol. The highest BCUT2D eigenvalue weighted by atomic mass is 15.3. The van der Waals surface area contributed by atoms with Crippen molar-refractivity contribution in [1.82, 2.24) is 29.1 Å². The minimum absolute atomic E-state index is 0.488. The second-order valence-electron chi connectivity index (χ2n) is 11.7. The van der Waals surface area contributed by atoms with Crippen LogP contribution in [0.1, 0.15) is 0 Å². The number of para-hydroxylation sites is 3. The van der Waals surface area contributed by atoms with Gasteiger partial charge in [0.1, 0.15) is 0 Å². The molecule has 0 fully saturated rings.